The Morgan fingerprint density at radius 1 is 1.12 bits per heavy atom. The van der Waals surface area contributed by atoms with E-state index < -0.39 is 10.0 Å². The largest absolute Gasteiger partial charge is 0.350 e. The van der Waals surface area contributed by atoms with E-state index in [-0.39, 0.29) is 24.3 Å². The molecule has 2 rings (SSSR count). The average molecular weight is 378 g/mol. The van der Waals surface area contributed by atoms with Crippen LogP contribution in [-0.4, -0.2) is 26.6 Å². The lowest BCUT2D eigenvalue weighted by Crippen LogP contribution is -2.32. The number of halogens is 1. The molecule has 0 spiro atoms. The number of benzene rings is 2. The highest BCUT2D eigenvalue weighted by molar-refractivity contribution is 7.92. The van der Waals surface area contributed by atoms with Gasteiger partial charge in [-0.1, -0.05) is 19.1 Å². The molecular formula is C19H23FN2O3S. The van der Waals surface area contributed by atoms with Crippen molar-refractivity contribution in [2.75, 3.05) is 10.6 Å². The number of sulfonamides is 1. The van der Waals surface area contributed by atoms with E-state index in [1.165, 1.54) is 16.4 Å². The molecule has 1 atom stereocenters. The van der Waals surface area contributed by atoms with Gasteiger partial charge in [-0.15, -0.1) is 0 Å². The molecule has 0 saturated carbocycles. The maximum Gasteiger partial charge on any atom is 0.251 e. The molecular weight excluding hydrogens is 355 g/mol. The Morgan fingerprint density at radius 3 is 2.19 bits per heavy atom. The fraction of sp³-hybridized carbons (Fsp3) is 0.316. The fourth-order valence-electron chi connectivity index (χ4n) is 2.34. The van der Waals surface area contributed by atoms with Crippen molar-refractivity contribution in [3.8, 4) is 0 Å². The molecule has 2 aromatic rings. The van der Waals surface area contributed by atoms with Crippen LogP contribution in [0, 0.1) is 5.82 Å². The van der Waals surface area contributed by atoms with Crippen LogP contribution >= 0.6 is 0 Å². The van der Waals surface area contributed by atoms with E-state index >= 15 is 0 Å². The molecule has 1 N–H and O–H groups in total. The number of hydrogen-bond donors (Lipinski definition) is 1. The quantitative estimate of drug-likeness (QED) is 0.804. The minimum Gasteiger partial charge on any atom is -0.350 e. The SMILES string of the molecule is CC[C@H](C)NC(=O)c1ccc(N(Cc2ccc(F)cc2)S(C)(=O)=O)cc1. The van der Waals surface area contributed by atoms with Gasteiger partial charge in [-0.05, 0) is 55.3 Å². The number of carbonyl (C=O) groups excluding carboxylic acids is 1. The number of rotatable bonds is 7. The smallest absolute Gasteiger partial charge is 0.251 e. The summed E-state index contributed by atoms with van der Waals surface area (Å²) in [7, 11) is -3.54. The molecule has 0 fully saturated rings. The number of amides is 1. The van der Waals surface area contributed by atoms with Crippen LogP contribution in [0.5, 0.6) is 0 Å². The Labute approximate surface area is 153 Å². The predicted octanol–water partition coefficient (Wildman–Crippen LogP) is 3.32. The van der Waals surface area contributed by atoms with Crippen molar-refractivity contribution in [3.05, 3.63) is 65.5 Å². The molecule has 0 aromatic heterocycles. The zero-order valence-electron chi connectivity index (χ0n) is 15.1. The summed E-state index contributed by atoms with van der Waals surface area (Å²) in [4.78, 5) is 12.1. The van der Waals surface area contributed by atoms with E-state index in [2.05, 4.69) is 5.32 Å². The highest BCUT2D eigenvalue weighted by Gasteiger charge is 2.18. The molecule has 26 heavy (non-hydrogen) atoms. The standard InChI is InChI=1S/C19H23FN2O3S/c1-4-14(2)21-19(23)16-7-11-18(12-8-16)22(26(3,24)25)13-15-5-9-17(20)10-6-15/h5-12,14H,4,13H2,1-3H3,(H,21,23)/t14-/m0/s1. The van der Waals surface area contributed by atoms with Gasteiger partial charge < -0.3 is 5.32 Å². The lowest BCUT2D eigenvalue weighted by atomic mass is 10.1. The topological polar surface area (TPSA) is 66.5 Å². The van der Waals surface area contributed by atoms with Gasteiger partial charge in [0.05, 0.1) is 18.5 Å². The Kier molecular flexibility index (Phi) is 6.37. The van der Waals surface area contributed by atoms with Crippen molar-refractivity contribution < 1.29 is 17.6 Å². The van der Waals surface area contributed by atoms with E-state index in [0.717, 1.165) is 12.7 Å². The monoisotopic (exact) mass is 378 g/mol. The van der Waals surface area contributed by atoms with Gasteiger partial charge >= 0.3 is 0 Å². The zero-order chi connectivity index (χ0) is 19.3. The van der Waals surface area contributed by atoms with Gasteiger partial charge in [-0.2, -0.15) is 0 Å². The van der Waals surface area contributed by atoms with E-state index in [0.29, 0.717) is 16.8 Å². The van der Waals surface area contributed by atoms with E-state index in [4.69, 9.17) is 0 Å². The van der Waals surface area contributed by atoms with Crippen LogP contribution in [0.4, 0.5) is 10.1 Å². The van der Waals surface area contributed by atoms with E-state index in [1.54, 1.807) is 36.4 Å². The molecule has 5 nitrogen and oxygen atoms in total. The Morgan fingerprint density at radius 2 is 1.69 bits per heavy atom. The maximum absolute atomic E-state index is 13.0. The van der Waals surface area contributed by atoms with Gasteiger partial charge in [-0.3, -0.25) is 9.10 Å². The van der Waals surface area contributed by atoms with Crippen LogP contribution in [0.25, 0.3) is 0 Å². The fourth-order valence-corrected chi connectivity index (χ4v) is 3.23. The second-order valence-electron chi connectivity index (χ2n) is 6.23. The zero-order valence-corrected chi connectivity index (χ0v) is 15.9. The summed E-state index contributed by atoms with van der Waals surface area (Å²) in [5, 5.41) is 2.86. The van der Waals surface area contributed by atoms with E-state index in [9.17, 15) is 17.6 Å². The second-order valence-corrected chi connectivity index (χ2v) is 8.13. The van der Waals surface area contributed by atoms with Crippen LogP contribution in [0.1, 0.15) is 36.2 Å². The third-order valence-corrected chi connectivity index (χ3v) is 5.19. The summed E-state index contributed by atoms with van der Waals surface area (Å²) in [6.07, 6.45) is 1.93. The molecule has 0 unspecified atom stereocenters. The van der Waals surface area contributed by atoms with Crippen molar-refractivity contribution >= 4 is 21.6 Å². The van der Waals surface area contributed by atoms with Gasteiger partial charge in [0.25, 0.3) is 5.91 Å². The van der Waals surface area contributed by atoms with Crippen molar-refractivity contribution in [2.45, 2.75) is 32.9 Å². The minimum atomic E-state index is -3.54. The molecule has 0 saturated heterocycles. The highest BCUT2D eigenvalue weighted by atomic mass is 32.2. The third-order valence-electron chi connectivity index (χ3n) is 4.05. The number of anilines is 1. The normalized spacial score (nSPS) is 12.5. The first-order valence-electron chi connectivity index (χ1n) is 8.33. The number of nitrogens with zero attached hydrogens (tertiary/aromatic N) is 1. The Hall–Kier alpha value is -2.41. The highest BCUT2D eigenvalue weighted by Crippen LogP contribution is 2.21. The van der Waals surface area contributed by atoms with Crippen molar-refractivity contribution in [3.63, 3.8) is 0 Å². The Bertz CT molecular complexity index is 849. The van der Waals surface area contributed by atoms with Crippen LogP contribution in [0.2, 0.25) is 0 Å². The van der Waals surface area contributed by atoms with Crippen molar-refractivity contribution in [1.29, 1.82) is 0 Å². The maximum atomic E-state index is 13.0. The van der Waals surface area contributed by atoms with Gasteiger partial charge in [-0.25, -0.2) is 12.8 Å². The Balaban J connectivity index is 2.23. The molecule has 0 heterocycles. The first kappa shape index (κ1) is 19.9. The van der Waals surface area contributed by atoms with Crippen molar-refractivity contribution in [1.82, 2.24) is 5.32 Å². The molecule has 1 amide bonds. The van der Waals surface area contributed by atoms with Crippen LogP contribution in [-0.2, 0) is 16.6 Å². The third kappa shape index (κ3) is 5.29. The molecule has 0 aliphatic heterocycles. The summed E-state index contributed by atoms with van der Waals surface area (Å²) < 4.78 is 38.6. The van der Waals surface area contributed by atoms with Crippen molar-refractivity contribution in [2.24, 2.45) is 0 Å². The van der Waals surface area contributed by atoms with Gasteiger partial charge in [0.1, 0.15) is 5.82 Å². The van der Waals surface area contributed by atoms with Gasteiger partial charge in [0, 0.05) is 11.6 Å². The summed E-state index contributed by atoms with van der Waals surface area (Å²) in [5.74, 6) is -0.577. The first-order chi connectivity index (χ1) is 12.2. The summed E-state index contributed by atoms with van der Waals surface area (Å²) in [5.41, 5.74) is 1.57. The summed E-state index contributed by atoms with van der Waals surface area (Å²) >= 11 is 0. The lowest BCUT2D eigenvalue weighted by Gasteiger charge is -2.23. The number of hydrogen-bond acceptors (Lipinski definition) is 3. The first-order valence-corrected chi connectivity index (χ1v) is 10.2. The van der Waals surface area contributed by atoms with Crippen LogP contribution in [0.15, 0.2) is 48.5 Å². The van der Waals surface area contributed by atoms with Crippen LogP contribution < -0.4 is 9.62 Å². The second kappa shape index (κ2) is 8.31. The molecule has 2 aromatic carbocycles. The van der Waals surface area contributed by atoms with E-state index in [1.807, 2.05) is 13.8 Å². The molecule has 0 aliphatic rings. The molecule has 0 bridgehead atoms. The average Bonchev–Trinajstić information content (AvgIpc) is 2.60. The summed E-state index contributed by atoms with van der Waals surface area (Å²) in [6, 6.07) is 12.1. The minimum absolute atomic E-state index is 0.0631. The lowest BCUT2D eigenvalue weighted by molar-refractivity contribution is 0.0939. The van der Waals surface area contributed by atoms with Gasteiger partial charge in [0.2, 0.25) is 10.0 Å². The van der Waals surface area contributed by atoms with Crippen LogP contribution in [0.3, 0.4) is 0 Å². The summed E-state index contributed by atoms with van der Waals surface area (Å²) in [6.45, 7) is 3.98. The molecule has 7 heteroatoms. The molecule has 0 radical (unpaired) electrons. The number of carbonyl (C=O) groups is 1. The number of nitrogens with one attached hydrogen (secondary N) is 1. The van der Waals surface area contributed by atoms with Gasteiger partial charge in [0.15, 0.2) is 0 Å². The molecule has 140 valence electrons. The molecule has 0 aliphatic carbocycles. The predicted molar refractivity (Wildman–Crippen MR) is 101 cm³/mol.